The van der Waals surface area contributed by atoms with Crippen LogP contribution in [0.3, 0.4) is 0 Å². The highest BCUT2D eigenvalue weighted by Crippen LogP contribution is 2.46. The van der Waals surface area contributed by atoms with E-state index >= 15 is 0 Å². The van der Waals surface area contributed by atoms with E-state index in [2.05, 4.69) is 0 Å². The Labute approximate surface area is 282 Å². The number of carbonyl (C=O) groups excluding carboxylic acids is 1. The van der Waals surface area contributed by atoms with Gasteiger partial charge in [-0.1, -0.05) is 74.9 Å². The minimum absolute atomic E-state index is 0.0256. The first-order valence-corrected chi connectivity index (χ1v) is 16.8. The van der Waals surface area contributed by atoms with Crippen molar-refractivity contribution in [1.29, 1.82) is 0 Å². The number of amides is 1. The number of nitrogens with two attached hydrogens (primary N) is 1. The first-order valence-electron chi connectivity index (χ1n) is 16.8. The van der Waals surface area contributed by atoms with Gasteiger partial charge in [-0.25, -0.2) is 4.39 Å². The highest BCUT2D eigenvalue weighted by molar-refractivity contribution is 6.03. The van der Waals surface area contributed by atoms with E-state index in [0.29, 0.717) is 24.9 Å². The van der Waals surface area contributed by atoms with Gasteiger partial charge in [0.15, 0.2) is 0 Å². The lowest BCUT2D eigenvalue weighted by molar-refractivity contribution is -0.138. The molecule has 10 heteroatoms. The fourth-order valence-corrected chi connectivity index (χ4v) is 5.90. The van der Waals surface area contributed by atoms with Crippen molar-refractivity contribution in [2.45, 2.75) is 95.7 Å². The molecule has 0 saturated carbocycles. The van der Waals surface area contributed by atoms with Crippen molar-refractivity contribution in [3.63, 3.8) is 0 Å². The molecule has 0 aliphatic carbocycles. The molecule has 0 spiro atoms. The van der Waals surface area contributed by atoms with Crippen LogP contribution in [0.25, 0.3) is 0 Å². The van der Waals surface area contributed by atoms with Crippen LogP contribution in [-0.2, 0) is 20.9 Å². The predicted molar refractivity (Wildman–Crippen MR) is 183 cm³/mol. The molecule has 3 aromatic carbocycles. The van der Waals surface area contributed by atoms with Crippen LogP contribution in [0.2, 0.25) is 0 Å². The summed E-state index contributed by atoms with van der Waals surface area (Å²) < 4.78 is 18.4. The summed E-state index contributed by atoms with van der Waals surface area (Å²) in [7, 11) is 1.62. The Balaban J connectivity index is 0.000000332. The molecule has 4 rings (SSSR count). The molecular formula is C38H49FN2O7. The standard InChI is InChI=1S/C26H27FN2O3.C12H22O4/c1-32-22-12-6-19(7-13-22)25-23(14-15-24(30)18-4-8-20(27)9-5-18)26(31)29(25)21-10-2-17(16-28)3-11-21;13-11(14)9-7-5-3-1-2-4-6-8-10-12(15)16/h2-13,23-25,30H,14-16,28H2,1H3;1-10H2,(H,13,14)(H,15,16)/t23-,24+,25-;/m1./s1. The maximum Gasteiger partial charge on any atom is 0.303 e. The number of β-lactam (4-membered cyclic amide) rings is 1. The van der Waals surface area contributed by atoms with Crippen LogP contribution < -0.4 is 15.4 Å². The number of nitrogens with zero attached hydrogens (tertiary/aromatic N) is 1. The molecule has 48 heavy (non-hydrogen) atoms. The Morgan fingerprint density at radius 3 is 1.81 bits per heavy atom. The Hall–Kier alpha value is -4.28. The van der Waals surface area contributed by atoms with Crippen molar-refractivity contribution < 1.29 is 38.8 Å². The molecule has 260 valence electrons. The molecule has 3 aromatic rings. The number of hydrogen-bond acceptors (Lipinski definition) is 6. The van der Waals surface area contributed by atoms with Crippen LogP contribution >= 0.6 is 0 Å². The van der Waals surface area contributed by atoms with E-state index in [9.17, 15) is 23.9 Å². The molecule has 1 heterocycles. The molecule has 0 aromatic heterocycles. The third kappa shape index (κ3) is 12.1. The number of methoxy groups -OCH3 is 1. The van der Waals surface area contributed by atoms with Gasteiger partial charge < -0.3 is 30.7 Å². The van der Waals surface area contributed by atoms with Gasteiger partial charge in [-0.3, -0.25) is 14.4 Å². The van der Waals surface area contributed by atoms with Crippen LogP contribution in [0.15, 0.2) is 72.8 Å². The summed E-state index contributed by atoms with van der Waals surface area (Å²) in [6.45, 7) is 0.444. The summed E-state index contributed by atoms with van der Waals surface area (Å²) in [5.74, 6) is -1.25. The minimum atomic E-state index is -0.752. The number of benzene rings is 3. The zero-order chi connectivity index (χ0) is 34.9. The second-order valence-corrected chi connectivity index (χ2v) is 12.2. The van der Waals surface area contributed by atoms with Crippen molar-refractivity contribution in [3.8, 4) is 5.75 Å². The van der Waals surface area contributed by atoms with Crippen molar-refractivity contribution in [1.82, 2.24) is 0 Å². The summed E-state index contributed by atoms with van der Waals surface area (Å²) in [4.78, 5) is 35.4. The number of aliphatic carboxylic acids is 2. The minimum Gasteiger partial charge on any atom is -0.497 e. The molecule has 0 unspecified atom stereocenters. The Morgan fingerprint density at radius 1 is 0.812 bits per heavy atom. The number of rotatable bonds is 19. The quantitative estimate of drug-likeness (QED) is 0.0757. The number of anilines is 1. The predicted octanol–water partition coefficient (Wildman–Crippen LogP) is 7.57. The van der Waals surface area contributed by atoms with E-state index in [1.165, 1.54) is 12.1 Å². The molecule has 1 aliphatic heterocycles. The van der Waals surface area contributed by atoms with Gasteiger partial charge in [-0.05, 0) is 78.8 Å². The van der Waals surface area contributed by atoms with Crippen molar-refractivity contribution in [2.75, 3.05) is 12.0 Å². The fraction of sp³-hybridized carbons (Fsp3) is 0.447. The van der Waals surface area contributed by atoms with Gasteiger partial charge in [-0.15, -0.1) is 0 Å². The summed E-state index contributed by atoms with van der Waals surface area (Å²) >= 11 is 0. The molecule has 0 radical (unpaired) electrons. The number of halogens is 1. The number of unbranched alkanes of at least 4 members (excludes halogenated alkanes) is 7. The smallest absolute Gasteiger partial charge is 0.303 e. The lowest BCUT2D eigenvalue weighted by Crippen LogP contribution is -2.55. The monoisotopic (exact) mass is 664 g/mol. The third-order valence-corrected chi connectivity index (χ3v) is 8.66. The Bertz CT molecular complexity index is 1390. The van der Waals surface area contributed by atoms with E-state index in [-0.39, 0.29) is 36.5 Å². The second-order valence-electron chi connectivity index (χ2n) is 12.2. The number of aliphatic hydroxyl groups excluding tert-OH is 1. The summed E-state index contributed by atoms with van der Waals surface area (Å²) in [5, 5.41) is 27.4. The van der Waals surface area contributed by atoms with Crippen LogP contribution in [0, 0.1) is 11.7 Å². The number of hydrogen-bond donors (Lipinski definition) is 4. The largest absolute Gasteiger partial charge is 0.497 e. The van der Waals surface area contributed by atoms with Gasteiger partial charge in [0.1, 0.15) is 11.6 Å². The molecular weight excluding hydrogens is 615 g/mol. The number of carbonyl (C=O) groups is 3. The summed E-state index contributed by atoms with van der Waals surface area (Å²) in [5.41, 5.74) is 9.18. The van der Waals surface area contributed by atoms with Crippen molar-refractivity contribution in [3.05, 3.63) is 95.3 Å². The highest BCUT2D eigenvalue weighted by Gasteiger charge is 2.48. The van der Waals surface area contributed by atoms with E-state index < -0.39 is 18.0 Å². The molecule has 9 nitrogen and oxygen atoms in total. The van der Waals surface area contributed by atoms with Crippen LogP contribution in [0.1, 0.15) is 106 Å². The zero-order valence-electron chi connectivity index (χ0n) is 27.7. The van der Waals surface area contributed by atoms with Gasteiger partial charge in [0.25, 0.3) is 0 Å². The van der Waals surface area contributed by atoms with Gasteiger partial charge in [0.05, 0.1) is 25.2 Å². The van der Waals surface area contributed by atoms with Crippen LogP contribution in [0.4, 0.5) is 10.1 Å². The van der Waals surface area contributed by atoms with Crippen molar-refractivity contribution >= 4 is 23.5 Å². The molecule has 3 atom stereocenters. The van der Waals surface area contributed by atoms with Crippen molar-refractivity contribution in [2.24, 2.45) is 11.7 Å². The fourth-order valence-electron chi connectivity index (χ4n) is 5.90. The Kier molecular flexibility index (Phi) is 16.0. The van der Waals surface area contributed by atoms with E-state index in [1.54, 1.807) is 24.1 Å². The van der Waals surface area contributed by atoms with E-state index in [0.717, 1.165) is 73.9 Å². The number of carboxylic acids is 2. The van der Waals surface area contributed by atoms with Crippen LogP contribution in [0.5, 0.6) is 5.75 Å². The van der Waals surface area contributed by atoms with Gasteiger partial charge in [0, 0.05) is 25.1 Å². The molecule has 1 fully saturated rings. The second kappa shape index (κ2) is 20.2. The van der Waals surface area contributed by atoms with Crippen LogP contribution in [-0.4, -0.2) is 40.3 Å². The van der Waals surface area contributed by atoms with Gasteiger partial charge in [-0.2, -0.15) is 0 Å². The summed E-state index contributed by atoms with van der Waals surface area (Å²) in [6, 6.07) is 21.1. The van der Waals surface area contributed by atoms with E-state index in [4.69, 9.17) is 20.7 Å². The SMILES string of the molecule is COc1ccc([C@@H]2[C@@H](CC[C@H](O)c3ccc(F)cc3)C(=O)N2c2ccc(CN)cc2)cc1.O=C(O)CCCCCCCCCCC(=O)O. The lowest BCUT2D eigenvalue weighted by atomic mass is 9.78. The molecule has 1 aliphatic rings. The molecule has 0 bridgehead atoms. The van der Waals surface area contributed by atoms with E-state index in [1.807, 2.05) is 48.5 Å². The molecule has 1 saturated heterocycles. The normalized spacial score (nSPS) is 16.0. The number of carboxylic acid groups (broad SMARTS) is 2. The lowest BCUT2D eigenvalue weighted by Gasteiger charge is -2.48. The number of aliphatic hydroxyl groups is 1. The first kappa shape index (κ1) is 38.2. The average molecular weight is 665 g/mol. The highest BCUT2D eigenvalue weighted by atomic mass is 19.1. The Morgan fingerprint density at radius 2 is 1.33 bits per heavy atom. The van der Waals surface area contributed by atoms with Gasteiger partial charge >= 0.3 is 11.9 Å². The maximum absolute atomic E-state index is 13.2. The molecule has 1 amide bonds. The zero-order valence-corrected chi connectivity index (χ0v) is 27.7. The van der Waals surface area contributed by atoms with Gasteiger partial charge in [0.2, 0.25) is 5.91 Å². The maximum atomic E-state index is 13.2. The molecule has 5 N–H and O–H groups in total. The topological polar surface area (TPSA) is 150 Å². The third-order valence-electron chi connectivity index (χ3n) is 8.66. The number of ether oxygens (including phenoxy) is 1. The first-order chi connectivity index (χ1) is 23.1. The average Bonchev–Trinajstić information content (AvgIpc) is 3.08. The summed E-state index contributed by atoms with van der Waals surface area (Å²) in [6.07, 6.45) is 8.69.